The van der Waals surface area contributed by atoms with Gasteiger partial charge >= 0.3 is 0 Å². The first kappa shape index (κ1) is 16.8. The van der Waals surface area contributed by atoms with Gasteiger partial charge in [-0.05, 0) is 30.3 Å². The molecule has 1 aromatic carbocycles. The molecule has 0 spiro atoms. The summed E-state index contributed by atoms with van der Waals surface area (Å²) in [5.74, 6) is 1.30. The Morgan fingerprint density at radius 3 is 2.68 bits per heavy atom. The van der Waals surface area contributed by atoms with Crippen LogP contribution in [-0.2, 0) is 6.42 Å². The molecular formula is C16H15ClN6O2. The lowest BCUT2D eigenvalue weighted by Gasteiger charge is -2.03. The molecule has 2 heterocycles. The second kappa shape index (κ2) is 7.71. The van der Waals surface area contributed by atoms with E-state index in [0.717, 1.165) is 5.56 Å². The molecule has 9 heteroatoms. The van der Waals surface area contributed by atoms with Crippen molar-refractivity contribution in [1.29, 1.82) is 0 Å². The Labute approximate surface area is 148 Å². The van der Waals surface area contributed by atoms with Crippen molar-refractivity contribution in [2.45, 2.75) is 6.42 Å². The lowest BCUT2D eigenvalue weighted by atomic mass is 10.2. The van der Waals surface area contributed by atoms with Crippen molar-refractivity contribution < 1.29 is 9.53 Å². The number of aromatic nitrogens is 5. The van der Waals surface area contributed by atoms with Crippen LogP contribution >= 0.6 is 11.6 Å². The molecule has 0 radical (unpaired) electrons. The van der Waals surface area contributed by atoms with Gasteiger partial charge in [0.25, 0.3) is 5.91 Å². The predicted molar refractivity (Wildman–Crippen MR) is 91.4 cm³/mol. The van der Waals surface area contributed by atoms with Gasteiger partial charge < -0.3 is 10.1 Å². The summed E-state index contributed by atoms with van der Waals surface area (Å²) in [5, 5.41) is 18.0. The number of H-pyrrole nitrogens is 1. The Kier molecular flexibility index (Phi) is 5.20. The maximum atomic E-state index is 12.0. The number of ether oxygens (including phenoxy) is 1. The monoisotopic (exact) mass is 358 g/mol. The van der Waals surface area contributed by atoms with Crippen LogP contribution in [0.3, 0.4) is 0 Å². The van der Waals surface area contributed by atoms with Crippen molar-refractivity contribution in [3.8, 4) is 17.3 Å². The molecular weight excluding hydrogens is 344 g/mol. The SMILES string of the molecule is COc1ccc(C(=O)NCCc2nc(-c3ccc(Cl)cc3)n[nH]2)nn1. The summed E-state index contributed by atoms with van der Waals surface area (Å²) in [7, 11) is 1.49. The Hall–Kier alpha value is -3.00. The molecule has 0 aliphatic rings. The van der Waals surface area contributed by atoms with Crippen LogP contribution in [-0.4, -0.2) is 44.9 Å². The fraction of sp³-hybridized carbons (Fsp3) is 0.188. The lowest BCUT2D eigenvalue weighted by molar-refractivity contribution is 0.0947. The molecule has 0 unspecified atom stereocenters. The molecule has 2 N–H and O–H groups in total. The van der Waals surface area contributed by atoms with E-state index in [9.17, 15) is 4.79 Å². The van der Waals surface area contributed by atoms with Gasteiger partial charge in [0.1, 0.15) is 5.82 Å². The topological polar surface area (TPSA) is 106 Å². The van der Waals surface area contributed by atoms with Crippen LogP contribution in [0.2, 0.25) is 5.02 Å². The van der Waals surface area contributed by atoms with Crippen LogP contribution in [0, 0.1) is 0 Å². The van der Waals surface area contributed by atoms with Crippen LogP contribution in [0.1, 0.15) is 16.3 Å². The first-order valence-corrected chi connectivity index (χ1v) is 7.86. The van der Waals surface area contributed by atoms with E-state index in [1.54, 1.807) is 24.3 Å². The highest BCUT2D eigenvalue weighted by atomic mass is 35.5. The number of hydrogen-bond acceptors (Lipinski definition) is 6. The zero-order chi connectivity index (χ0) is 17.6. The molecule has 128 valence electrons. The van der Waals surface area contributed by atoms with E-state index in [4.69, 9.17) is 16.3 Å². The highest BCUT2D eigenvalue weighted by Crippen LogP contribution is 2.17. The van der Waals surface area contributed by atoms with Gasteiger partial charge in [0, 0.05) is 29.6 Å². The smallest absolute Gasteiger partial charge is 0.271 e. The molecule has 0 aliphatic heterocycles. The molecule has 0 aliphatic carbocycles. The number of rotatable bonds is 6. The summed E-state index contributed by atoms with van der Waals surface area (Å²) in [6.45, 7) is 0.391. The summed E-state index contributed by atoms with van der Waals surface area (Å²) < 4.78 is 4.90. The van der Waals surface area contributed by atoms with E-state index in [0.29, 0.717) is 35.5 Å². The molecule has 0 bridgehead atoms. The number of aromatic amines is 1. The minimum Gasteiger partial charge on any atom is -0.480 e. The Balaban J connectivity index is 1.53. The Morgan fingerprint density at radius 2 is 2.00 bits per heavy atom. The van der Waals surface area contributed by atoms with E-state index in [2.05, 4.69) is 30.7 Å². The highest BCUT2D eigenvalue weighted by Gasteiger charge is 2.09. The number of benzene rings is 1. The predicted octanol–water partition coefficient (Wildman–Crippen LogP) is 1.90. The molecule has 2 aromatic heterocycles. The van der Waals surface area contributed by atoms with Crippen LogP contribution in [0.4, 0.5) is 0 Å². The highest BCUT2D eigenvalue weighted by molar-refractivity contribution is 6.30. The molecule has 0 saturated carbocycles. The van der Waals surface area contributed by atoms with Crippen molar-refractivity contribution in [3.63, 3.8) is 0 Å². The zero-order valence-electron chi connectivity index (χ0n) is 13.4. The minimum atomic E-state index is -0.312. The van der Waals surface area contributed by atoms with Gasteiger partial charge in [-0.2, -0.15) is 5.10 Å². The zero-order valence-corrected chi connectivity index (χ0v) is 14.1. The summed E-state index contributed by atoms with van der Waals surface area (Å²) in [6, 6.07) is 10.4. The third kappa shape index (κ3) is 4.30. The van der Waals surface area contributed by atoms with Gasteiger partial charge in [-0.3, -0.25) is 9.89 Å². The number of carbonyl (C=O) groups is 1. The first-order valence-electron chi connectivity index (χ1n) is 7.49. The maximum Gasteiger partial charge on any atom is 0.271 e. The number of halogens is 1. The molecule has 0 fully saturated rings. The van der Waals surface area contributed by atoms with Gasteiger partial charge in [-0.15, -0.1) is 10.2 Å². The van der Waals surface area contributed by atoms with Crippen molar-refractivity contribution in [1.82, 2.24) is 30.7 Å². The van der Waals surface area contributed by atoms with Gasteiger partial charge in [0.05, 0.1) is 7.11 Å². The Morgan fingerprint density at radius 1 is 1.20 bits per heavy atom. The van der Waals surface area contributed by atoms with E-state index in [1.165, 1.54) is 7.11 Å². The molecule has 0 atom stereocenters. The number of amides is 1. The summed E-state index contributed by atoms with van der Waals surface area (Å²) in [6.07, 6.45) is 0.510. The minimum absolute atomic E-state index is 0.222. The number of carbonyl (C=O) groups excluding carboxylic acids is 1. The largest absolute Gasteiger partial charge is 0.480 e. The second-order valence-electron chi connectivity index (χ2n) is 5.08. The Bertz CT molecular complexity index is 848. The molecule has 8 nitrogen and oxygen atoms in total. The third-order valence-corrected chi connectivity index (χ3v) is 3.62. The number of nitrogens with one attached hydrogen (secondary N) is 2. The van der Waals surface area contributed by atoms with Crippen LogP contribution in [0.25, 0.3) is 11.4 Å². The fourth-order valence-electron chi connectivity index (χ4n) is 2.07. The van der Waals surface area contributed by atoms with E-state index >= 15 is 0 Å². The summed E-state index contributed by atoms with van der Waals surface area (Å²) in [5.41, 5.74) is 1.09. The number of hydrogen-bond donors (Lipinski definition) is 2. The van der Waals surface area contributed by atoms with Crippen LogP contribution < -0.4 is 10.1 Å². The van der Waals surface area contributed by atoms with Gasteiger partial charge in [0.15, 0.2) is 11.5 Å². The molecule has 25 heavy (non-hydrogen) atoms. The quantitative estimate of drug-likeness (QED) is 0.697. The molecule has 0 saturated heterocycles. The van der Waals surface area contributed by atoms with Crippen molar-refractivity contribution in [2.24, 2.45) is 0 Å². The van der Waals surface area contributed by atoms with Crippen molar-refractivity contribution >= 4 is 17.5 Å². The van der Waals surface area contributed by atoms with E-state index in [-0.39, 0.29) is 11.6 Å². The van der Waals surface area contributed by atoms with E-state index in [1.807, 2.05) is 12.1 Å². The summed E-state index contributed by atoms with van der Waals surface area (Å²) >= 11 is 5.86. The number of methoxy groups -OCH3 is 1. The molecule has 3 aromatic rings. The molecule has 1 amide bonds. The fourth-order valence-corrected chi connectivity index (χ4v) is 2.20. The van der Waals surface area contributed by atoms with Gasteiger partial charge in [-0.25, -0.2) is 4.98 Å². The van der Waals surface area contributed by atoms with E-state index < -0.39 is 0 Å². The lowest BCUT2D eigenvalue weighted by Crippen LogP contribution is -2.27. The van der Waals surface area contributed by atoms with Crippen molar-refractivity contribution in [3.05, 3.63) is 52.9 Å². The summed E-state index contributed by atoms with van der Waals surface area (Å²) in [4.78, 5) is 16.4. The third-order valence-electron chi connectivity index (χ3n) is 3.36. The first-order chi connectivity index (χ1) is 12.2. The van der Waals surface area contributed by atoms with Crippen LogP contribution in [0.5, 0.6) is 5.88 Å². The van der Waals surface area contributed by atoms with Gasteiger partial charge in [0.2, 0.25) is 5.88 Å². The van der Waals surface area contributed by atoms with Crippen LogP contribution in [0.15, 0.2) is 36.4 Å². The van der Waals surface area contributed by atoms with Gasteiger partial charge in [-0.1, -0.05) is 11.6 Å². The molecule has 3 rings (SSSR count). The normalized spacial score (nSPS) is 10.5. The average Bonchev–Trinajstić information content (AvgIpc) is 3.11. The second-order valence-corrected chi connectivity index (χ2v) is 5.52. The average molecular weight is 359 g/mol. The number of nitrogens with zero attached hydrogens (tertiary/aromatic N) is 4. The maximum absolute atomic E-state index is 12.0. The standard InChI is InChI=1S/C16H15ClN6O2/c1-25-14-7-6-12(20-22-14)16(24)18-9-8-13-19-15(23-21-13)10-2-4-11(17)5-3-10/h2-7H,8-9H2,1H3,(H,18,24)(H,19,21,23). The van der Waals surface area contributed by atoms with Crippen molar-refractivity contribution in [2.75, 3.05) is 13.7 Å².